The van der Waals surface area contributed by atoms with E-state index in [1.54, 1.807) is 19.1 Å². The topological polar surface area (TPSA) is 58.6 Å². The number of oxime groups is 1. The van der Waals surface area contributed by atoms with Gasteiger partial charge in [0, 0.05) is 12.5 Å². The largest absolute Gasteiger partial charge is 0.440 e. The minimum atomic E-state index is -0.0131. The van der Waals surface area contributed by atoms with Crippen molar-refractivity contribution >= 4 is 43.8 Å². The van der Waals surface area contributed by atoms with Crippen LogP contribution in [-0.2, 0) is 0 Å². The van der Waals surface area contributed by atoms with E-state index in [1.165, 1.54) is 0 Å². The number of rotatable bonds is 1. The highest BCUT2D eigenvalue weighted by Crippen LogP contribution is 2.28. The maximum absolute atomic E-state index is 8.61. The number of hydrogen-bond donors (Lipinski definition) is 1. The van der Waals surface area contributed by atoms with E-state index in [0.29, 0.717) is 22.6 Å². The number of fused-ring (bicyclic) bond motifs is 1. The van der Waals surface area contributed by atoms with Crippen molar-refractivity contribution in [3.05, 3.63) is 28.1 Å². The van der Waals surface area contributed by atoms with Crippen molar-refractivity contribution in [1.82, 2.24) is 4.98 Å². The lowest BCUT2D eigenvalue weighted by Crippen LogP contribution is -1.92. The Hall–Kier alpha value is -1.07. The molecule has 0 aliphatic carbocycles. The lowest BCUT2D eigenvalue weighted by Gasteiger charge is -1.98. The Morgan fingerprint density at radius 1 is 1.60 bits per heavy atom. The molecule has 0 fully saturated rings. The van der Waals surface area contributed by atoms with Gasteiger partial charge in [0.05, 0.1) is 4.47 Å². The molecule has 0 spiro atoms. The molecule has 2 aromatic rings. The van der Waals surface area contributed by atoms with Crippen LogP contribution in [0.4, 0.5) is 0 Å². The Kier molecular flexibility index (Phi) is 2.67. The van der Waals surface area contributed by atoms with Crippen molar-refractivity contribution in [2.75, 3.05) is 0 Å². The molecule has 2 rings (SSSR count). The van der Waals surface area contributed by atoms with Crippen LogP contribution in [0.15, 0.2) is 26.2 Å². The van der Waals surface area contributed by atoms with Crippen molar-refractivity contribution in [1.29, 1.82) is 0 Å². The highest BCUT2D eigenvalue weighted by atomic mass is 79.9. The first-order valence-corrected chi connectivity index (χ1v) is 5.24. The van der Waals surface area contributed by atoms with Gasteiger partial charge < -0.3 is 9.62 Å². The number of hydrogen-bond acceptors (Lipinski definition) is 4. The van der Waals surface area contributed by atoms with Crippen molar-refractivity contribution in [3.8, 4) is 0 Å². The first-order chi connectivity index (χ1) is 7.13. The highest BCUT2D eigenvalue weighted by Gasteiger charge is 2.14. The summed E-state index contributed by atoms with van der Waals surface area (Å²) in [6.07, 6.45) is 0. The van der Waals surface area contributed by atoms with Crippen LogP contribution in [0.1, 0.15) is 11.5 Å². The normalized spacial score (nSPS) is 12.3. The van der Waals surface area contributed by atoms with E-state index in [2.05, 4.69) is 26.1 Å². The molecule has 1 N–H and O–H groups in total. The Bertz CT molecular complexity index is 550. The molecule has 0 radical (unpaired) electrons. The molecular formula is C9H6BrClN2O2. The van der Waals surface area contributed by atoms with Crippen LogP contribution >= 0.6 is 27.5 Å². The molecule has 4 nitrogen and oxygen atoms in total. The van der Waals surface area contributed by atoms with Crippen molar-refractivity contribution in [3.63, 3.8) is 0 Å². The number of nitrogens with zero attached hydrogens (tertiary/aromatic N) is 2. The molecule has 0 unspecified atom stereocenters. The first kappa shape index (κ1) is 10.4. The monoisotopic (exact) mass is 288 g/mol. The molecule has 0 aliphatic heterocycles. The minimum Gasteiger partial charge on any atom is -0.440 e. The number of benzene rings is 1. The summed E-state index contributed by atoms with van der Waals surface area (Å²) in [6.45, 7) is 1.74. The molecule has 78 valence electrons. The second kappa shape index (κ2) is 3.83. The van der Waals surface area contributed by atoms with Gasteiger partial charge in [-0.1, -0.05) is 16.8 Å². The fourth-order valence-corrected chi connectivity index (χ4v) is 1.86. The fourth-order valence-electron chi connectivity index (χ4n) is 1.30. The summed E-state index contributed by atoms with van der Waals surface area (Å²) in [4.78, 5) is 4.17. The quantitative estimate of drug-likeness (QED) is 0.498. The van der Waals surface area contributed by atoms with E-state index < -0.39 is 0 Å². The number of aryl methyl sites for hydroxylation is 1. The van der Waals surface area contributed by atoms with Gasteiger partial charge >= 0.3 is 0 Å². The van der Waals surface area contributed by atoms with Crippen LogP contribution in [0.25, 0.3) is 11.1 Å². The average molecular weight is 290 g/mol. The Morgan fingerprint density at radius 3 is 3.00 bits per heavy atom. The molecule has 1 aromatic carbocycles. The third-order valence-electron chi connectivity index (χ3n) is 1.91. The second-order valence-electron chi connectivity index (χ2n) is 2.90. The zero-order chi connectivity index (χ0) is 11.0. The molecule has 1 aromatic heterocycles. The lowest BCUT2D eigenvalue weighted by molar-refractivity contribution is 0.321. The smallest absolute Gasteiger partial charge is 0.192 e. The van der Waals surface area contributed by atoms with E-state index >= 15 is 0 Å². The number of oxazole rings is 1. The van der Waals surface area contributed by atoms with Gasteiger partial charge in [0.2, 0.25) is 0 Å². The van der Waals surface area contributed by atoms with E-state index in [0.717, 1.165) is 4.47 Å². The Balaban J connectivity index is 2.82. The highest BCUT2D eigenvalue weighted by molar-refractivity contribution is 9.10. The van der Waals surface area contributed by atoms with Gasteiger partial charge in [0.25, 0.3) is 0 Å². The molecule has 0 atom stereocenters. The van der Waals surface area contributed by atoms with Crippen LogP contribution in [0.2, 0.25) is 0 Å². The maximum Gasteiger partial charge on any atom is 0.192 e. The number of halogens is 2. The molecule has 0 bridgehead atoms. The third kappa shape index (κ3) is 1.72. The van der Waals surface area contributed by atoms with Gasteiger partial charge in [-0.15, -0.1) is 0 Å². The summed E-state index contributed by atoms with van der Waals surface area (Å²) < 4.78 is 6.16. The zero-order valence-electron chi connectivity index (χ0n) is 7.66. The molecular weight excluding hydrogens is 283 g/mol. The van der Waals surface area contributed by atoms with Crippen LogP contribution in [0, 0.1) is 6.92 Å². The van der Waals surface area contributed by atoms with Crippen molar-refractivity contribution in [2.24, 2.45) is 5.16 Å². The van der Waals surface area contributed by atoms with Gasteiger partial charge in [-0.25, -0.2) is 4.98 Å². The summed E-state index contributed by atoms with van der Waals surface area (Å²) in [5.41, 5.74) is 1.70. The Morgan fingerprint density at radius 2 is 2.33 bits per heavy atom. The molecule has 0 aliphatic rings. The van der Waals surface area contributed by atoms with Crippen molar-refractivity contribution in [2.45, 2.75) is 6.92 Å². The molecule has 6 heteroatoms. The van der Waals surface area contributed by atoms with Crippen LogP contribution in [0.5, 0.6) is 0 Å². The predicted octanol–water partition coefficient (Wildman–Crippen LogP) is 3.27. The summed E-state index contributed by atoms with van der Waals surface area (Å²) in [6, 6.07) is 3.46. The first-order valence-electron chi connectivity index (χ1n) is 4.07. The summed E-state index contributed by atoms with van der Waals surface area (Å²) in [5.74, 6) is 0.528. The average Bonchev–Trinajstić information content (AvgIpc) is 2.60. The molecule has 0 saturated carbocycles. The SMILES string of the molecule is Cc1nc2c(/C(Cl)=N/O)ccc(Br)c2o1. The third-order valence-corrected chi connectivity index (χ3v) is 2.82. The van der Waals surface area contributed by atoms with Gasteiger partial charge in [-0.3, -0.25) is 0 Å². The van der Waals surface area contributed by atoms with E-state index in [-0.39, 0.29) is 5.17 Å². The number of aromatic nitrogens is 1. The predicted molar refractivity (Wildman–Crippen MR) is 60.6 cm³/mol. The summed E-state index contributed by atoms with van der Waals surface area (Å²) in [7, 11) is 0. The molecule has 0 amide bonds. The lowest BCUT2D eigenvalue weighted by atomic mass is 10.2. The standard InChI is InChI=1S/C9H6BrClN2O2/c1-4-12-7-5(9(11)13-14)2-3-6(10)8(7)15-4/h2-3,14H,1H3/b13-9-. The van der Waals surface area contributed by atoms with E-state index in [4.69, 9.17) is 21.2 Å². The summed E-state index contributed by atoms with van der Waals surface area (Å²) in [5, 5.41) is 11.5. The maximum atomic E-state index is 8.61. The summed E-state index contributed by atoms with van der Waals surface area (Å²) >= 11 is 9.07. The van der Waals surface area contributed by atoms with Crippen LogP contribution in [-0.4, -0.2) is 15.4 Å². The fraction of sp³-hybridized carbons (Fsp3) is 0.111. The van der Waals surface area contributed by atoms with Crippen LogP contribution in [0.3, 0.4) is 0 Å². The Labute approximate surface area is 98.7 Å². The second-order valence-corrected chi connectivity index (χ2v) is 4.11. The van der Waals surface area contributed by atoms with E-state index in [9.17, 15) is 0 Å². The van der Waals surface area contributed by atoms with Crippen molar-refractivity contribution < 1.29 is 9.62 Å². The molecule has 1 heterocycles. The van der Waals surface area contributed by atoms with Gasteiger partial charge in [0.1, 0.15) is 5.52 Å². The molecule has 15 heavy (non-hydrogen) atoms. The van der Waals surface area contributed by atoms with Gasteiger partial charge in [-0.05, 0) is 28.1 Å². The van der Waals surface area contributed by atoms with Crippen LogP contribution < -0.4 is 0 Å². The van der Waals surface area contributed by atoms with E-state index in [1.807, 2.05) is 0 Å². The van der Waals surface area contributed by atoms with Gasteiger partial charge in [0.15, 0.2) is 16.6 Å². The molecule has 0 saturated heterocycles. The zero-order valence-corrected chi connectivity index (χ0v) is 10.0. The van der Waals surface area contributed by atoms with Gasteiger partial charge in [-0.2, -0.15) is 0 Å². The minimum absolute atomic E-state index is 0.0131.